The summed E-state index contributed by atoms with van der Waals surface area (Å²) in [6, 6.07) is 0. The molecule has 0 aromatic heterocycles. The lowest BCUT2D eigenvalue weighted by molar-refractivity contribution is 0.144. The standard InChI is InChI=1S/C12H22O3S/c1-11(2,3)9-8-10(12(4,5)6)15-16(7,13)14/h10H,1-7H3. The maximum atomic E-state index is 11.1. The van der Waals surface area contributed by atoms with E-state index >= 15 is 0 Å². The molecule has 0 aliphatic heterocycles. The Labute approximate surface area is 99.7 Å². The van der Waals surface area contributed by atoms with Crippen molar-refractivity contribution in [2.45, 2.75) is 47.6 Å². The first-order valence-electron chi connectivity index (χ1n) is 5.22. The van der Waals surface area contributed by atoms with Crippen LogP contribution in [0, 0.1) is 22.7 Å². The zero-order valence-electron chi connectivity index (χ0n) is 11.2. The highest BCUT2D eigenvalue weighted by atomic mass is 32.2. The van der Waals surface area contributed by atoms with Gasteiger partial charge in [0.05, 0.1) is 6.26 Å². The van der Waals surface area contributed by atoms with E-state index in [1.54, 1.807) is 0 Å². The van der Waals surface area contributed by atoms with Crippen LogP contribution in [-0.2, 0) is 14.3 Å². The summed E-state index contributed by atoms with van der Waals surface area (Å²) in [6.07, 6.45) is 0.437. The van der Waals surface area contributed by atoms with Crippen molar-refractivity contribution in [3.8, 4) is 11.8 Å². The Morgan fingerprint density at radius 3 is 1.75 bits per heavy atom. The van der Waals surface area contributed by atoms with Crippen molar-refractivity contribution in [2.75, 3.05) is 6.26 Å². The Kier molecular flexibility index (Phi) is 4.61. The molecule has 0 aromatic carbocycles. The van der Waals surface area contributed by atoms with Crippen molar-refractivity contribution < 1.29 is 12.6 Å². The largest absolute Gasteiger partial charge is 0.265 e. The van der Waals surface area contributed by atoms with E-state index < -0.39 is 16.2 Å². The smallest absolute Gasteiger partial charge is 0.253 e. The molecule has 0 saturated heterocycles. The van der Waals surface area contributed by atoms with Gasteiger partial charge >= 0.3 is 0 Å². The predicted molar refractivity (Wildman–Crippen MR) is 66.4 cm³/mol. The average molecular weight is 246 g/mol. The van der Waals surface area contributed by atoms with Gasteiger partial charge in [0.15, 0.2) is 0 Å². The highest BCUT2D eigenvalue weighted by molar-refractivity contribution is 7.86. The Balaban J connectivity index is 5.05. The highest BCUT2D eigenvalue weighted by Gasteiger charge is 2.27. The molecule has 3 nitrogen and oxygen atoms in total. The van der Waals surface area contributed by atoms with Crippen LogP contribution in [0.3, 0.4) is 0 Å². The third kappa shape index (κ3) is 7.72. The Morgan fingerprint density at radius 2 is 1.50 bits per heavy atom. The lowest BCUT2D eigenvalue weighted by Gasteiger charge is -2.25. The second-order valence-electron chi connectivity index (χ2n) is 6.07. The molecule has 0 bridgehead atoms. The third-order valence-corrected chi connectivity index (χ3v) is 2.18. The second-order valence-corrected chi connectivity index (χ2v) is 7.67. The summed E-state index contributed by atoms with van der Waals surface area (Å²) < 4.78 is 27.2. The van der Waals surface area contributed by atoms with Crippen LogP contribution >= 0.6 is 0 Å². The minimum absolute atomic E-state index is 0.162. The summed E-state index contributed by atoms with van der Waals surface area (Å²) >= 11 is 0. The van der Waals surface area contributed by atoms with Gasteiger partial charge in [0, 0.05) is 10.8 Å². The van der Waals surface area contributed by atoms with E-state index in [0.717, 1.165) is 6.26 Å². The quantitative estimate of drug-likeness (QED) is 0.555. The molecule has 0 rings (SSSR count). The van der Waals surface area contributed by atoms with Crippen LogP contribution in [0.1, 0.15) is 41.5 Å². The SMILES string of the molecule is CC(C)(C)C#CC(OS(C)(=O)=O)C(C)(C)C. The van der Waals surface area contributed by atoms with Gasteiger partial charge in [-0.3, -0.25) is 4.18 Å². The van der Waals surface area contributed by atoms with Crippen LogP contribution < -0.4 is 0 Å². The molecular weight excluding hydrogens is 224 g/mol. The average Bonchev–Trinajstić information content (AvgIpc) is 1.91. The monoisotopic (exact) mass is 246 g/mol. The topological polar surface area (TPSA) is 43.4 Å². The van der Waals surface area contributed by atoms with Gasteiger partial charge in [-0.15, -0.1) is 0 Å². The predicted octanol–water partition coefficient (Wildman–Crippen LogP) is 2.43. The number of rotatable bonds is 2. The molecule has 94 valence electrons. The maximum Gasteiger partial charge on any atom is 0.265 e. The molecule has 0 heterocycles. The first kappa shape index (κ1) is 15.5. The summed E-state index contributed by atoms with van der Waals surface area (Å²) in [5.74, 6) is 5.92. The van der Waals surface area contributed by atoms with E-state index in [-0.39, 0.29) is 10.8 Å². The minimum atomic E-state index is -3.48. The fourth-order valence-electron chi connectivity index (χ4n) is 0.842. The van der Waals surface area contributed by atoms with Gasteiger partial charge in [0.25, 0.3) is 10.1 Å². The van der Waals surface area contributed by atoms with Gasteiger partial charge in [-0.2, -0.15) is 8.42 Å². The highest BCUT2D eigenvalue weighted by Crippen LogP contribution is 2.23. The van der Waals surface area contributed by atoms with Crippen LogP contribution in [0.25, 0.3) is 0 Å². The Morgan fingerprint density at radius 1 is 1.06 bits per heavy atom. The van der Waals surface area contributed by atoms with Gasteiger partial charge in [0.2, 0.25) is 0 Å². The lowest BCUT2D eigenvalue weighted by Crippen LogP contribution is -2.30. The van der Waals surface area contributed by atoms with E-state index in [4.69, 9.17) is 4.18 Å². The Bertz CT molecular complexity index is 383. The molecule has 0 aromatic rings. The van der Waals surface area contributed by atoms with Crippen LogP contribution in [0.5, 0.6) is 0 Å². The minimum Gasteiger partial charge on any atom is -0.253 e. The molecule has 0 saturated carbocycles. The van der Waals surface area contributed by atoms with Crippen molar-refractivity contribution in [2.24, 2.45) is 10.8 Å². The Hall–Kier alpha value is -0.530. The molecule has 16 heavy (non-hydrogen) atoms. The fourth-order valence-corrected chi connectivity index (χ4v) is 1.53. The zero-order valence-corrected chi connectivity index (χ0v) is 12.0. The fraction of sp³-hybridized carbons (Fsp3) is 0.833. The second kappa shape index (κ2) is 4.77. The molecule has 0 N–H and O–H groups in total. The lowest BCUT2D eigenvalue weighted by atomic mass is 9.88. The van der Waals surface area contributed by atoms with Crippen molar-refractivity contribution in [3.05, 3.63) is 0 Å². The van der Waals surface area contributed by atoms with Gasteiger partial charge in [-0.05, 0) is 20.8 Å². The van der Waals surface area contributed by atoms with Gasteiger partial charge in [0.1, 0.15) is 6.10 Å². The third-order valence-electron chi connectivity index (χ3n) is 1.64. The number of hydrogen-bond acceptors (Lipinski definition) is 3. The first-order valence-corrected chi connectivity index (χ1v) is 7.04. The van der Waals surface area contributed by atoms with Crippen molar-refractivity contribution in [1.29, 1.82) is 0 Å². The molecule has 0 aliphatic carbocycles. The summed E-state index contributed by atoms with van der Waals surface area (Å²) in [5.41, 5.74) is -0.494. The van der Waals surface area contributed by atoms with Gasteiger partial charge in [-0.1, -0.05) is 32.6 Å². The zero-order chi connectivity index (χ0) is 13.2. The molecule has 0 fully saturated rings. The van der Waals surface area contributed by atoms with Crippen LogP contribution in [0.4, 0.5) is 0 Å². The molecule has 4 heteroatoms. The van der Waals surface area contributed by atoms with E-state index in [2.05, 4.69) is 11.8 Å². The van der Waals surface area contributed by atoms with Crippen molar-refractivity contribution >= 4 is 10.1 Å². The normalized spacial score (nSPS) is 15.2. The van der Waals surface area contributed by atoms with Crippen LogP contribution in [0.2, 0.25) is 0 Å². The molecule has 0 aliphatic rings. The summed E-state index contributed by atoms with van der Waals surface area (Å²) in [4.78, 5) is 0. The summed E-state index contributed by atoms with van der Waals surface area (Å²) in [7, 11) is -3.48. The van der Waals surface area contributed by atoms with E-state index in [0.29, 0.717) is 0 Å². The number of hydrogen-bond donors (Lipinski definition) is 0. The molecule has 1 unspecified atom stereocenters. The molecule has 0 radical (unpaired) electrons. The van der Waals surface area contributed by atoms with Gasteiger partial charge in [-0.25, -0.2) is 0 Å². The van der Waals surface area contributed by atoms with Gasteiger partial charge < -0.3 is 0 Å². The molecule has 0 spiro atoms. The van der Waals surface area contributed by atoms with Crippen molar-refractivity contribution in [1.82, 2.24) is 0 Å². The van der Waals surface area contributed by atoms with Crippen molar-refractivity contribution in [3.63, 3.8) is 0 Å². The van der Waals surface area contributed by atoms with Crippen LogP contribution in [-0.4, -0.2) is 20.8 Å². The van der Waals surface area contributed by atoms with E-state index in [1.807, 2.05) is 41.5 Å². The summed E-state index contributed by atoms with van der Waals surface area (Å²) in [5, 5.41) is 0. The van der Waals surface area contributed by atoms with E-state index in [1.165, 1.54) is 0 Å². The molecular formula is C12H22O3S. The first-order chi connectivity index (χ1) is 6.81. The molecule has 0 amide bonds. The van der Waals surface area contributed by atoms with Crippen LogP contribution in [0.15, 0.2) is 0 Å². The molecule has 1 atom stereocenters. The maximum absolute atomic E-state index is 11.1. The summed E-state index contributed by atoms with van der Waals surface area (Å²) in [6.45, 7) is 11.6. The van der Waals surface area contributed by atoms with E-state index in [9.17, 15) is 8.42 Å².